The van der Waals surface area contributed by atoms with Gasteiger partial charge >= 0.3 is 0 Å². The van der Waals surface area contributed by atoms with E-state index in [-0.39, 0.29) is 0 Å². The number of hydrogen-bond acceptors (Lipinski definition) is 2. The first-order chi connectivity index (χ1) is 8.16. The Bertz CT molecular complexity index is 488. The Labute approximate surface area is 102 Å². The SMILES string of the molecule is Cc1cccc(CNC(C)c2ccnn2C)c1. The maximum Gasteiger partial charge on any atom is 0.0547 e. The van der Waals surface area contributed by atoms with Gasteiger partial charge in [-0.05, 0) is 25.5 Å². The van der Waals surface area contributed by atoms with Crippen LogP contribution in [0.3, 0.4) is 0 Å². The molecular formula is C14H19N3. The topological polar surface area (TPSA) is 29.9 Å². The molecule has 1 heterocycles. The molecule has 3 nitrogen and oxygen atoms in total. The van der Waals surface area contributed by atoms with Crippen molar-refractivity contribution in [3.63, 3.8) is 0 Å². The van der Waals surface area contributed by atoms with Crippen LogP contribution in [0.5, 0.6) is 0 Å². The summed E-state index contributed by atoms with van der Waals surface area (Å²) in [6.07, 6.45) is 1.83. The molecule has 3 heteroatoms. The van der Waals surface area contributed by atoms with Crippen molar-refractivity contribution in [2.24, 2.45) is 7.05 Å². The zero-order chi connectivity index (χ0) is 12.3. The number of nitrogens with one attached hydrogen (secondary N) is 1. The highest BCUT2D eigenvalue weighted by Crippen LogP contribution is 2.11. The zero-order valence-corrected chi connectivity index (χ0v) is 10.6. The molecule has 0 aliphatic heterocycles. The maximum absolute atomic E-state index is 4.18. The largest absolute Gasteiger partial charge is 0.305 e. The lowest BCUT2D eigenvalue weighted by Crippen LogP contribution is -2.20. The summed E-state index contributed by atoms with van der Waals surface area (Å²) in [6, 6.07) is 10.9. The first-order valence-electron chi connectivity index (χ1n) is 5.93. The Morgan fingerprint density at radius 3 is 2.82 bits per heavy atom. The number of rotatable bonds is 4. The minimum absolute atomic E-state index is 0.308. The van der Waals surface area contributed by atoms with Gasteiger partial charge in [0.1, 0.15) is 0 Å². The van der Waals surface area contributed by atoms with Gasteiger partial charge in [-0.15, -0.1) is 0 Å². The second-order valence-electron chi connectivity index (χ2n) is 4.47. The maximum atomic E-state index is 4.18. The van der Waals surface area contributed by atoms with Crippen LogP contribution in [0.1, 0.15) is 29.8 Å². The molecule has 90 valence electrons. The Hall–Kier alpha value is -1.61. The predicted molar refractivity (Wildman–Crippen MR) is 69.6 cm³/mol. The molecule has 1 aromatic carbocycles. The molecule has 1 aromatic heterocycles. The molecule has 0 saturated carbocycles. The van der Waals surface area contributed by atoms with Crippen molar-refractivity contribution in [3.05, 3.63) is 53.3 Å². The molecule has 0 radical (unpaired) electrons. The molecule has 2 aromatic rings. The van der Waals surface area contributed by atoms with Crippen LogP contribution in [0.4, 0.5) is 0 Å². The van der Waals surface area contributed by atoms with E-state index in [9.17, 15) is 0 Å². The Morgan fingerprint density at radius 1 is 1.35 bits per heavy atom. The predicted octanol–water partition coefficient (Wildman–Crippen LogP) is 2.58. The third-order valence-electron chi connectivity index (χ3n) is 3.00. The van der Waals surface area contributed by atoms with Crippen molar-refractivity contribution in [2.75, 3.05) is 0 Å². The van der Waals surface area contributed by atoms with Gasteiger partial charge in [-0.25, -0.2) is 0 Å². The molecule has 1 atom stereocenters. The van der Waals surface area contributed by atoms with Gasteiger partial charge < -0.3 is 5.32 Å². The van der Waals surface area contributed by atoms with E-state index in [4.69, 9.17) is 0 Å². The van der Waals surface area contributed by atoms with Crippen molar-refractivity contribution in [1.29, 1.82) is 0 Å². The Balaban J connectivity index is 1.97. The lowest BCUT2D eigenvalue weighted by molar-refractivity contribution is 0.530. The number of hydrogen-bond donors (Lipinski definition) is 1. The highest BCUT2D eigenvalue weighted by atomic mass is 15.3. The average Bonchev–Trinajstić information content (AvgIpc) is 2.72. The lowest BCUT2D eigenvalue weighted by Gasteiger charge is -2.14. The third kappa shape index (κ3) is 2.94. The van der Waals surface area contributed by atoms with E-state index in [1.165, 1.54) is 16.8 Å². The van der Waals surface area contributed by atoms with Crippen LogP contribution in [-0.4, -0.2) is 9.78 Å². The van der Waals surface area contributed by atoms with Gasteiger partial charge in [0, 0.05) is 25.8 Å². The second kappa shape index (κ2) is 5.15. The summed E-state index contributed by atoms with van der Waals surface area (Å²) in [7, 11) is 1.97. The summed E-state index contributed by atoms with van der Waals surface area (Å²) in [5, 5.41) is 7.69. The molecule has 0 saturated heterocycles. The van der Waals surface area contributed by atoms with Gasteiger partial charge in [0.15, 0.2) is 0 Å². The monoisotopic (exact) mass is 229 g/mol. The summed E-state index contributed by atoms with van der Waals surface area (Å²) in [5.41, 5.74) is 3.83. The van der Waals surface area contributed by atoms with E-state index in [0.29, 0.717) is 6.04 Å². The van der Waals surface area contributed by atoms with Crippen LogP contribution in [0.25, 0.3) is 0 Å². The number of benzene rings is 1. The molecule has 1 N–H and O–H groups in total. The molecule has 0 aliphatic carbocycles. The van der Waals surface area contributed by atoms with Gasteiger partial charge in [-0.1, -0.05) is 29.8 Å². The minimum atomic E-state index is 0.308. The highest BCUT2D eigenvalue weighted by Gasteiger charge is 2.08. The second-order valence-corrected chi connectivity index (χ2v) is 4.47. The first-order valence-corrected chi connectivity index (χ1v) is 5.93. The van der Waals surface area contributed by atoms with E-state index in [0.717, 1.165) is 6.54 Å². The van der Waals surface area contributed by atoms with Crippen LogP contribution in [0.15, 0.2) is 36.5 Å². The van der Waals surface area contributed by atoms with Gasteiger partial charge in [0.2, 0.25) is 0 Å². The number of aryl methyl sites for hydroxylation is 2. The van der Waals surface area contributed by atoms with Crippen LogP contribution in [0.2, 0.25) is 0 Å². The van der Waals surface area contributed by atoms with Gasteiger partial charge in [-0.2, -0.15) is 5.10 Å². The van der Waals surface area contributed by atoms with Crippen LogP contribution in [-0.2, 0) is 13.6 Å². The minimum Gasteiger partial charge on any atom is -0.305 e. The first kappa shape index (κ1) is 11.9. The van der Waals surface area contributed by atoms with E-state index in [1.54, 1.807) is 0 Å². The fourth-order valence-corrected chi connectivity index (χ4v) is 2.01. The fourth-order valence-electron chi connectivity index (χ4n) is 2.01. The summed E-state index contributed by atoms with van der Waals surface area (Å²) in [6.45, 7) is 5.16. The van der Waals surface area contributed by atoms with Crippen molar-refractivity contribution in [2.45, 2.75) is 26.4 Å². The summed E-state index contributed by atoms with van der Waals surface area (Å²) >= 11 is 0. The van der Waals surface area contributed by atoms with E-state index >= 15 is 0 Å². The van der Waals surface area contributed by atoms with Gasteiger partial charge in [-0.3, -0.25) is 4.68 Å². The van der Waals surface area contributed by atoms with Crippen molar-refractivity contribution < 1.29 is 0 Å². The third-order valence-corrected chi connectivity index (χ3v) is 3.00. The lowest BCUT2D eigenvalue weighted by atomic mass is 10.1. The number of nitrogens with zero attached hydrogens (tertiary/aromatic N) is 2. The van der Waals surface area contributed by atoms with E-state index in [2.05, 4.69) is 48.5 Å². The van der Waals surface area contributed by atoms with Gasteiger partial charge in [0.05, 0.1) is 5.69 Å². The molecule has 0 bridgehead atoms. The molecule has 17 heavy (non-hydrogen) atoms. The molecule has 0 spiro atoms. The smallest absolute Gasteiger partial charge is 0.0547 e. The molecule has 2 rings (SSSR count). The van der Waals surface area contributed by atoms with Crippen molar-refractivity contribution in [1.82, 2.24) is 15.1 Å². The standard InChI is InChI=1S/C14H19N3/c1-11-5-4-6-13(9-11)10-15-12(2)14-7-8-16-17(14)3/h4-9,12,15H,10H2,1-3H3. The number of aromatic nitrogens is 2. The molecule has 0 fully saturated rings. The summed E-state index contributed by atoms with van der Waals surface area (Å²) in [4.78, 5) is 0. The molecule has 1 unspecified atom stereocenters. The molecular weight excluding hydrogens is 210 g/mol. The molecule has 0 amide bonds. The molecule has 0 aliphatic rings. The fraction of sp³-hybridized carbons (Fsp3) is 0.357. The van der Waals surface area contributed by atoms with Crippen molar-refractivity contribution >= 4 is 0 Å². The van der Waals surface area contributed by atoms with E-state index in [1.807, 2.05) is 24.0 Å². The van der Waals surface area contributed by atoms with Gasteiger partial charge in [0.25, 0.3) is 0 Å². The highest BCUT2D eigenvalue weighted by molar-refractivity contribution is 5.22. The zero-order valence-electron chi connectivity index (χ0n) is 10.6. The van der Waals surface area contributed by atoms with E-state index < -0.39 is 0 Å². The van der Waals surface area contributed by atoms with Crippen LogP contribution in [0, 0.1) is 6.92 Å². The quantitative estimate of drug-likeness (QED) is 0.873. The summed E-state index contributed by atoms with van der Waals surface area (Å²) < 4.78 is 1.91. The Morgan fingerprint density at radius 2 is 2.18 bits per heavy atom. The van der Waals surface area contributed by atoms with Crippen LogP contribution >= 0.6 is 0 Å². The van der Waals surface area contributed by atoms with Crippen LogP contribution < -0.4 is 5.32 Å². The van der Waals surface area contributed by atoms with Crippen molar-refractivity contribution in [3.8, 4) is 0 Å². The Kier molecular flexibility index (Phi) is 3.59. The summed E-state index contributed by atoms with van der Waals surface area (Å²) in [5.74, 6) is 0. The average molecular weight is 229 g/mol. The normalized spacial score (nSPS) is 12.6.